The number of halogens is 1. The lowest BCUT2D eigenvalue weighted by Crippen LogP contribution is -2.37. The Morgan fingerprint density at radius 3 is 2.96 bits per heavy atom. The molecule has 1 aliphatic carbocycles. The van der Waals surface area contributed by atoms with Crippen molar-refractivity contribution in [3.05, 3.63) is 26.6 Å². The highest BCUT2D eigenvalue weighted by atomic mass is 35.5. The summed E-state index contributed by atoms with van der Waals surface area (Å²) in [7, 11) is 1.86. The van der Waals surface area contributed by atoms with Crippen molar-refractivity contribution in [3.63, 3.8) is 0 Å². The summed E-state index contributed by atoms with van der Waals surface area (Å²) in [5, 5.41) is 6.72. The van der Waals surface area contributed by atoms with Crippen molar-refractivity contribution in [1.29, 1.82) is 0 Å². The second-order valence-corrected chi connectivity index (χ2v) is 8.12. The maximum Gasteiger partial charge on any atom is 0.259 e. The van der Waals surface area contributed by atoms with Gasteiger partial charge in [-0.25, -0.2) is 4.98 Å². The van der Waals surface area contributed by atoms with Crippen LogP contribution in [0.3, 0.4) is 0 Å². The molecule has 3 rings (SSSR count). The molecule has 0 aromatic carbocycles. The predicted molar refractivity (Wildman–Crippen MR) is 109 cm³/mol. The van der Waals surface area contributed by atoms with Gasteiger partial charge in [0, 0.05) is 30.3 Å². The van der Waals surface area contributed by atoms with Crippen LogP contribution in [0.1, 0.15) is 43.0 Å². The second kappa shape index (κ2) is 8.97. The number of hydrogen-bond donors (Lipinski definition) is 3. The fourth-order valence-corrected chi connectivity index (χ4v) is 4.60. The molecule has 8 heteroatoms. The lowest BCUT2D eigenvalue weighted by Gasteiger charge is -2.17. The minimum Gasteiger partial charge on any atom is -0.355 e. The monoisotopic (exact) mass is 398 g/mol. The highest BCUT2D eigenvalue weighted by Gasteiger charge is 2.23. The smallest absolute Gasteiger partial charge is 0.259 e. The van der Waals surface area contributed by atoms with Gasteiger partial charge in [0.15, 0.2) is 0 Å². The summed E-state index contributed by atoms with van der Waals surface area (Å²) in [5.41, 5.74) is 1.13. The quantitative estimate of drug-likeness (QED) is 0.696. The molecular formula is C18H27ClN4O2S. The molecule has 2 aromatic heterocycles. The predicted octanol–water partition coefficient (Wildman–Crippen LogP) is 2.19. The molecule has 1 amide bonds. The lowest BCUT2D eigenvalue weighted by atomic mass is 9.89. The Kier molecular flexibility index (Phi) is 7.20. The van der Waals surface area contributed by atoms with Crippen molar-refractivity contribution in [2.75, 3.05) is 13.6 Å². The molecule has 0 saturated heterocycles. The zero-order valence-electron chi connectivity index (χ0n) is 15.5. The average molecular weight is 399 g/mol. The number of H-pyrrole nitrogens is 1. The van der Waals surface area contributed by atoms with E-state index >= 15 is 0 Å². The zero-order valence-corrected chi connectivity index (χ0v) is 17.1. The number of hydrogen-bond acceptors (Lipinski definition) is 5. The fourth-order valence-electron chi connectivity index (χ4n) is 3.20. The van der Waals surface area contributed by atoms with E-state index in [9.17, 15) is 9.59 Å². The van der Waals surface area contributed by atoms with Gasteiger partial charge >= 0.3 is 0 Å². The number of thiophene rings is 1. The van der Waals surface area contributed by atoms with Crippen LogP contribution in [0.2, 0.25) is 0 Å². The van der Waals surface area contributed by atoms with E-state index in [1.54, 1.807) is 11.3 Å². The largest absolute Gasteiger partial charge is 0.355 e. The average Bonchev–Trinajstić information content (AvgIpc) is 2.95. The summed E-state index contributed by atoms with van der Waals surface area (Å²) in [6.07, 6.45) is 3.91. The minimum absolute atomic E-state index is 0. The second-order valence-electron chi connectivity index (χ2n) is 7.04. The van der Waals surface area contributed by atoms with Crippen molar-refractivity contribution in [3.8, 4) is 0 Å². The van der Waals surface area contributed by atoms with Crippen molar-refractivity contribution in [1.82, 2.24) is 20.6 Å². The number of aromatic nitrogens is 2. The van der Waals surface area contributed by atoms with Gasteiger partial charge in [-0.15, -0.1) is 23.7 Å². The number of carbonyl (C=O) groups excluding carboxylic acids is 1. The first kappa shape index (κ1) is 20.9. The number of amides is 1. The summed E-state index contributed by atoms with van der Waals surface area (Å²) < 4.78 is 0. The Bertz CT molecular complexity index is 832. The number of aryl methyl sites for hydroxylation is 2. The molecule has 1 aliphatic rings. The highest BCUT2D eigenvalue weighted by Crippen LogP contribution is 2.35. The van der Waals surface area contributed by atoms with Gasteiger partial charge in [-0.1, -0.05) is 6.92 Å². The summed E-state index contributed by atoms with van der Waals surface area (Å²) in [6, 6.07) is 0.234. The SMILES string of the molecule is CNC(C)CNC(=O)CCc1nc2sc3c(c2c(=O)[nH]1)CCC(C)C3.Cl. The number of rotatable bonds is 6. The summed E-state index contributed by atoms with van der Waals surface area (Å²) in [5.74, 6) is 1.24. The molecule has 2 unspecified atom stereocenters. The van der Waals surface area contributed by atoms with E-state index in [0.29, 0.717) is 31.1 Å². The Morgan fingerprint density at radius 2 is 2.23 bits per heavy atom. The Balaban J connectivity index is 0.00000243. The molecule has 2 aromatic rings. The van der Waals surface area contributed by atoms with Gasteiger partial charge in [-0.2, -0.15) is 0 Å². The van der Waals surface area contributed by atoms with Crippen LogP contribution in [0.5, 0.6) is 0 Å². The van der Waals surface area contributed by atoms with Crippen molar-refractivity contribution < 1.29 is 4.79 Å². The molecule has 0 fully saturated rings. The molecule has 0 saturated carbocycles. The maximum atomic E-state index is 12.5. The summed E-state index contributed by atoms with van der Waals surface area (Å²) >= 11 is 1.64. The van der Waals surface area contributed by atoms with Crippen LogP contribution in [0, 0.1) is 5.92 Å². The van der Waals surface area contributed by atoms with Crippen LogP contribution in [0.25, 0.3) is 10.2 Å². The molecule has 0 radical (unpaired) electrons. The normalized spacial score (nSPS) is 17.4. The molecule has 0 aliphatic heterocycles. The topological polar surface area (TPSA) is 86.9 Å². The van der Waals surface area contributed by atoms with E-state index in [4.69, 9.17) is 0 Å². The molecule has 26 heavy (non-hydrogen) atoms. The third kappa shape index (κ3) is 4.64. The molecule has 2 heterocycles. The van der Waals surface area contributed by atoms with E-state index in [-0.39, 0.29) is 29.9 Å². The number of carbonyl (C=O) groups is 1. The lowest BCUT2D eigenvalue weighted by molar-refractivity contribution is -0.121. The van der Waals surface area contributed by atoms with Crippen molar-refractivity contribution >= 4 is 39.9 Å². The van der Waals surface area contributed by atoms with Crippen molar-refractivity contribution in [2.24, 2.45) is 5.92 Å². The number of nitrogens with one attached hydrogen (secondary N) is 3. The van der Waals surface area contributed by atoms with Crippen LogP contribution >= 0.6 is 23.7 Å². The van der Waals surface area contributed by atoms with E-state index < -0.39 is 0 Å². The third-order valence-corrected chi connectivity index (χ3v) is 6.05. The highest BCUT2D eigenvalue weighted by molar-refractivity contribution is 7.18. The van der Waals surface area contributed by atoms with Crippen LogP contribution in [0.4, 0.5) is 0 Å². The van der Waals surface area contributed by atoms with Gasteiger partial charge in [-0.05, 0) is 44.7 Å². The van der Waals surface area contributed by atoms with Crippen LogP contribution < -0.4 is 16.2 Å². The van der Waals surface area contributed by atoms with Crippen LogP contribution in [0.15, 0.2) is 4.79 Å². The van der Waals surface area contributed by atoms with E-state index in [0.717, 1.165) is 29.5 Å². The first-order chi connectivity index (χ1) is 12.0. The van der Waals surface area contributed by atoms with E-state index in [1.165, 1.54) is 10.4 Å². The number of likely N-dealkylation sites (N-methyl/N-ethyl adjacent to an activating group) is 1. The van der Waals surface area contributed by atoms with Gasteiger partial charge in [0.2, 0.25) is 5.91 Å². The van der Waals surface area contributed by atoms with Gasteiger partial charge in [0.25, 0.3) is 5.56 Å². The first-order valence-electron chi connectivity index (χ1n) is 8.95. The molecule has 0 spiro atoms. The number of fused-ring (bicyclic) bond motifs is 3. The molecule has 2 atom stereocenters. The number of aromatic amines is 1. The standard InChI is InChI=1S/C18H26N4O2S.ClH/c1-10-4-5-12-13(8-10)25-18-16(12)17(24)21-14(22-18)6-7-15(23)20-9-11(2)19-3;/h10-11,19H,4-9H2,1-3H3,(H,20,23)(H,21,22,24);1H. The van der Waals surface area contributed by atoms with Crippen LogP contribution in [-0.4, -0.2) is 35.5 Å². The van der Waals surface area contributed by atoms with Gasteiger partial charge in [0.1, 0.15) is 10.7 Å². The van der Waals surface area contributed by atoms with Gasteiger partial charge in [0.05, 0.1) is 5.39 Å². The van der Waals surface area contributed by atoms with Gasteiger partial charge in [-0.3, -0.25) is 9.59 Å². The minimum atomic E-state index is -0.0590. The molecule has 6 nitrogen and oxygen atoms in total. The first-order valence-corrected chi connectivity index (χ1v) is 9.77. The summed E-state index contributed by atoms with van der Waals surface area (Å²) in [6.45, 7) is 4.85. The zero-order chi connectivity index (χ0) is 18.0. The third-order valence-electron chi connectivity index (χ3n) is 4.90. The Hall–Kier alpha value is -1.44. The van der Waals surface area contributed by atoms with E-state index in [1.807, 2.05) is 14.0 Å². The van der Waals surface area contributed by atoms with Crippen molar-refractivity contribution in [2.45, 2.75) is 52.0 Å². The fraction of sp³-hybridized carbons (Fsp3) is 0.611. The van der Waals surface area contributed by atoms with Crippen LogP contribution in [-0.2, 0) is 24.1 Å². The molecule has 0 bridgehead atoms. The summed E-state index contributed by atoms with van der Waals surface area (Å²) in [4.78, 5) is 34.1. The number of nitrogens with zero attached hydrogens (tertiary/aromatic N) is 1. The van der Waals surface area contributed by atoms with Gasteiger partial charge < -0.3 is 15.6 Å². The molecule has 3 N–H and O–H groups in total. The van der Waals surface area contributed by atoms with E-state index in [2.05, 4.69) is 27.5 Å². The molecular weight excluding hydrogens is 372 g/mol. The maximum absolute atomic E-state index is 12.5. The Morgan fingerprint density at radius 1 is 1.46 bits per heavy atom. The Labute approximate surface area is 163 Å². The molecule has 144 valence electrons.